The first-order chi connectivity index (χ1) is 10.1. The molecular formula is C14H20N6S. The molecule has 2 aromatic rings. The van der Waals surface area contributed by atoms with Crippen molar-refractivity contribution in [3.05, 3.63) is 23.5 Å². The second-order valence-electron chi connectivity index (χ2n) is 5.45. The van der Waals surface area contributed by atoms with Crippen molar-refractivity contribution in [1.82, 2.24) is 15.0 Å². The van der Waals surface area contributed by atoms with Crippen LogP contribution in [-0.2, 0) is 0 Å². The molecule has 6 nitrogen and oxygen atoms in total. The van der Waals surface area contributed by atoms with Crippen LogP contribution in [0.15, 0.2) is 17.6 Å². The molecule has 1 fully saturated rings. The lowest BCUT2D eigenvalue weighted by Crippen LogP contribution is -2.47. The van der Waals surface area contributed by atoms with Gasteiger partial charge in [-0.15, -0.1) is 11.3 Å². The number of hydrogen-bond donors (Lipinski definition) is 1. The first kappa shape index (κ1) is 14.1. The van der Waals surface area contributed by atoms with E-state index in [0.717, 1.165) is 43.0 Å². The van der Waals surface area contributed by atoms with E-state index in [1.54, 1.807) is 11.3 Å². The van der Waals surface area contributed by atoms with Gasteiger partial charge in [0.25, 0.3) is 0 Å². The van der Waals surface area contributed by atoms with Crippen LogP contribution in [0.25, 0.3) is 0 Å². The summed E-state index contributed by atoms with van der Waals surface area (Å²) in [7, 11) is 0. The van der Waals surface area contributed by atoms with Crippen LogP contribution in [0, 0.1) is 0 Å². The maximum absolute atomic E-state index is 5.91. The van der Waals surface area contributed by atoms with Gasteiger partial charge in [-0.1, -0.05) is 13.8 Å². The SMILES string of the molecule is CC(C)c1nc(N)cc(N2CCN(c3nccs3)CC2)n1. The summed E-state index contributed by atoms with van der Waals surface area (Å²) >= 11 is 1.69. The maximum atomic E-state index is 5.91. The second-order valence-corrected chi connectivity index (χ2v) is 6.33. The minimum Gasteiger partial charge on any atom is -0.384 e. The molecule has 21 heavy (non-hydrogen) atoms. The first-order valence-corrected chi connectivity index (χ1v) is 8.05. The fourth-order valence-electron chi connectivity index (χ4n) is 2.39. The van der Waals surface area contributed by atoms with Crippen molar-refractivity contribution < 1.29 is 0 Å². The van der Waals surface area contributed by atoms with E-state index in [2.05, 4.69) is 38.6 Å². The average Bonchev–Trinajstić information content (AvgIpc) is 3.01. The molecular weight excluding hydrogens is 284 g/mol. The van der Waals surface area contributed by atoms with Gasteiger partial charge >= 0.3 is 0 Å². The monoisotopic (exact) mass is 304 g/mol. The molecule has 2 aromatic heterocycles. The second kappa shape index (κ2) is 5.85. The van der Waals surface area contributed by atoms with Crippen LogP contribution in [0.1, 0.15) is 25.6 Å². The van der Waals surface area contributed by atoms with Gasteiger partial charge in [-0.2, -0.15) is 0 Å². The summed E-state index contributed by atoms with van der Waals surface area (Å²) in [5.74, 6) is 2.58. The molecule has 0 atom stereocenters. The maximum Gasteiger partial charge on any atom is 0.185 e. The Morgan fingerprint density at radius 3 is 2.48 bits per heavy atom. The highest BCUT2D eigenvalue weighted by Gasteiger charge is 2.20. The van der Waals surface area contributed by atoms with Gasteiger partial charge in [-0.3, -0.25) is 0 Å². The Hall–Kier alpha value is -1.89. The molecule has 7 heteroatoms. The van der Waals surface area contributed by atoms with Crippen molar-refractivity contribution in [3.8, 4) is 0 Å². The van der Waals surface area contributed by atoms with E-state index in [1.807, 2.05) is 17.6 Å². The Morgan fingerprint density at radius 2 is 1.86 bits per heavy atom. The first-order valence-electron chi connectivity index (χ1n) is 7.17. The minimum atomic E-state index is 0.281. The van der Waals surface area contributed by atoms with Gasteiger partial charge in [-0.25, -0.2) is 15.0 Å². The number of piperazine rings is 1. The van der Waals surface area contributed by atoms with E-state index in [-0.39, 0.29) is 5.92 Å². The number of hydrogen-bond acceptors (Lipinski definition) is 7. The Bertz CT molecular complexity index is 590. The molecule has 0 spiro atoms. The summed E-state index contributed by atoms with van der Waals surface area (Å²) in [6.07, 6.45) is 1.85. The molecule has 1 aliphatic rings. The van der Waals surface area contributed by atoms with Crippen molar-refractivity contribution in [2.45, 2.75) is 19.8 Å². The molecule has 0 unspecified atom stereocenters. The van der Waals surface area contributed by atoms with E-state index in [1.165, 1.54) is 0 Å². The predicted molar refractivity (Wildman–Crippen MR) is 87.1 cm³/mol. The van der Waals surface area contributed by atoms with Crippen molar-refractivity contribution in [2.24, 2.45) is 0 Å². The zero-order chi connectivity index (χ0) is 14.8. The summed E-state index contributed by atoms with van der Waals surface area (Å²) < 4.78 is 0. The third kappa shape index (κ3) is 3.07. The predicted octanol–water partition coefficient (Wildman–Crippen LogP) is 1.97. The molecule has 3 rings (SSSR count). The van der Waals surface area contributed by atoms with Crippen LogP contribution in [0.2, 0.25) is 0 Å². The summed E-state index contributed by atoms with van der Waals surface area (Å²) in [4.78, 5) is 17.9. The highest BCUT2D eigenvalue weighted by atomic mass is 32.1. The highest BCUT2D eigenvalue weighted by molar-refractivity contribution is 7.13. The van der Waals surface area contributed by atoms with Crippen LogP contribution in [-0.4, -0.2) is 41.1 Å². The molecule has 0 bridgehead atoms. The largest absolute Gasteiger partial charge is 0.384 e. The van der Waals surface area contributed by atoms with Gasteiger partial charge in [0.1, 0.15) is 17.5 Å². The zero-order valence-corrected chi connectivity index (χ0v) is 13.2. The van der Waals surface area contributed by atoms with Gasteiger partial charge in [0.2, 0.25) is 0 Å². The van der Waals surface area contributed by atoms with E-state index in [9.17, 15) is 0 Å². The topological polar surface area (TPSA) is 71.2 Å². The summed E-state index contributed by atoms with van der Waals surface area (Å²) in [5, 5.41) is 3.11. The average molecular weight is 304 g/mol. The van der Waals surface area contributed by atoms with Crippen LogP contribution in [0.5, 0.6) is 0 Å². The van der Waals surface area contributed by atoms with E-state index in [4.69, 9.17) is 5.73 Å². The smallest absolute Gasteiger partial charge is 0.185 e. The molecule has 0 radical (unpaired) electrons. The van der Waals surface area contributed by atoms with Gasteiger partial charge in [0, 0.05) is 49.7 Å². The van der Waals surface area contributed by atoms with Gasteiger partial charge < -0.3 is 15.5 Å². The molecule has 0 amide bonds. The molecule has 112 valence electrons. The van der Waals surface area contributed by atoms with Crippen molar-refractivity contribution in [2.75, 3.05) is 41.7 Å². The van der Waals surface area contributed by atoms with Gasteiger partial charge in [-0.05, 0) is 0 Å². The highest BCUT2D eigenvalue weighted by Crippen LogP contribution is 2.23. The normalized spacial score (nSPS) is 15.8. The van der Waals surface area contributed by atoms with E-state index >= 15 is 0 Å². The number of thiazole rings is 1. The minimum absolute atomic E-state index is 0.281. The summed E-state index contributed by atoms with van der Waals surface area (Å²) in [5.41, 5.74) is 5.91. The summed E-state index contributed by atoms with van der Waals surface area (Å²) in [6.45, 7) is 7.92. The third-order valence-electron chi connectivity index (χ3n) is 3.56. The number of nitrogen functional groups attached to an aromatic ring is 1. The molecule has 0 aliphatic carbocycles. The lowest BCUT2D eigenvalue weighted by Gasteiger charge is -2.35. The Kier molecular flexibility index (Phi) is 3.92. The Balaban J connectivity index is 1.72. The summed E-state index contributed by atoms with van der Waals surface area (Å²) in [6, 6.07) is 1.87. The number of rotatable bonds is 3. The van der Waals surface area contributed by atoms with Crippen LogP contribution < -0.4 is 15.5 Å². The molecule has 1 saturated heterocycles. The van der Waals surface area contributed by atoms with Crippen molar-refractivity contribution in [1.29, 1.82) is 0 Å². The van der Waals surface area contributed by atoms with Gasteiger partial charge in [0.15, 0.2) is 5.13 Å². The molecule has 0 saturated carbocycles. The quantitative estimate of drug-likeness (QED) is 0.934. The number of nitrogens with two attached hydrogens (primary N) is 1. The zero-order valence-electron chi connectivity index (χ0n) is 12.4. The lowest BCUT2D eigenvalue weighted by atomic mass is 10.2. The van der Waals surface area contributed by atoms with Crippen LogP contribution >= 0.6 is 11.3 Å². The molecule has 3 heterocycles. The Labute approximate surface area is 128 Å². The van der Waals surface area contributed by atoms with Gasteiger partial charge in [0.05, 0.1) is 0 Å². The third-order valence-corrected chi connectivity index (χ3v) is 4.39. The van der Waals surface area contributed by atoms with Crippen molar-refractivity contribution in [3.63, 3.8) is 0 Å². The molecule has 0 aromatic carbocycles. The standard InChI is InChI=1S/C14H20N6S/c1-10(2)13-17-11(15)9-12(18-13)19-4-6-20(7-5-19)14-16-3-8-21-14/h3,8-10H,4-7H2,1-2H3,(H2,15,17,18). The number of nitrogens with zero attached hydrogens (tertiary/aromatic N) is 5. The van der Waals surface area contributed by atoms with Crippen molar-refractivity contribution >= 4 is 28.1 Å². The number of aromatic nitrogens is 3. The van der Waals surface area contributed by atoms with E-state index in [0.29, 0.717) is 5.82 Å². The van der Waals surface area contributed by atoms with Crippen LogP contribution in [0.4, 0.5) is 16.8 Å². The molecule has 1 aliphatic heterocycles. The fraction of sp³-hybridized carbons (Fsp3) is 0.500. The number of anilines is 3. The lowest BCUT2D eigenvalue weighted by molar-refractivity contribution is 0.641. The fourth-order valence-corrected chi connectivity index (χ4v) is 3.09. The van der Waals surface area contributed by atoms with Crippen LogP contribution in [0.3, 0.4) is 0 Å². The Morgan fingerprint density at radius 1 is 1.14 bits per heavy atom. The van der Waals surface area contributed by atoms with E-state index < -0.39 is 0 Å². The molecule has 2 N–H and O–H groups in total.